The van der Waals surface area contributed by atoms with Crippen LogP contribution in [0.2, 0.25) is 0 Å². The molecule has 5 nitrogen and oxygen atoms in total. The molecule has 0 saturated carbocycles. The fourth-order valence-electron chi connectivity index (χ4n) is 3.28. The lowest BCUT2D eigenvalue weighted by atomic mass is 10.1. The molecule has 0 radical (unpaired) electrons. The zero-order valence-electron chi connectivity index (χ0n) is 12.4. The minimum absolute atomic E-state index is 0.00564. The average molecular weight is 300 g/mol. The number of urea groups is 1. The molecule has 2 amide bonds. The minimum atomic E-state index is -0.887. The molecule has 0 aliphatic carbocycles. The van der Waals surface area contributed by atoms with Crippen molar-refractivity contribution in [3.05, 3.63) is 0 Å². The number of likely N-dealkylation sites (tertiary alicyclic amines) is 1. The van der Waals surface area contributed by atoms with Crippen molar-refractivity contribution in [2.45, 2.75) is 70.0 Å². The van der Waals surface area contributed by atoms with Crippen molar-refractivity contribution in [3.8, 4) is 0 Å². The van der Waals surface area contributed by atoms with Crippen LogP contribution in [-0.2, 0) is 4.79 Å². The molecule has 2 aliphatic rings. The third-order valence-corrected chi connectivity index (χ3v) is 5.88. The fraction of sp³-hybridized carbons (Fsp3) is 0.857. The van der Waals surface area contributed by atoms with Crippen LogP contribution in [0.5, 0.6) is 0 Å². The highest BCUT2D eigenvalue weighted by Gasteiger charge is 2.45. The Hall–Kier alpha value is -0.910. The second kappa shape index (κ2) is 6.24. The Morgan fingerprint density at radius 2 is 1.90 bits per heavy atom. The highest BCUT2D eigenvalue weighted by molar-refractivity contribution is 8.00. The molecule has 2 aliphatic heterocycles. The van der Waals surface area contributed by atoms with Crippen LogP contribution >= 0.6 is 11.8 Å². The van der Waals surface area contributed by atoms with E-state index in [-0.39, 0.29) is 23.5 Å². The van der Waals surface area contributed by atoms with E-state index >= 15 is 0 Å². The third-order valence-electron chi connectivity index (χ3n) is 4.43. The van der Waals surface area contributed by atoms with Gasteiger partial charge in [-0.1, -0.05) is 13.8 Å². The molecule has 1 N–H and O–H groups in total. The van der Waals surface area contributed by atoms with Crippen LogP contribution in [0.3, 0.4) is 0 Å². The molecule has 2 saturated heterocycles. The number of hydrogen-bond acceptors (Lipinski definition) is 3. The van der Waals surface area contributed by atoms with E-state index in [1.807, 2.05) is 11.8 Å². The second-order valence-corrected chi connectivity index (χ2v) is 6.85. The number of rotatable bonds is 3. The molecule has 2 fully saturated rings. The van der Waals surface area contributed by atoms with Crippen LogP contribution < -0.4 is 0 Å². The maximum atomic E-state index is 12.9. The summed E-state index contributed by atoms with van der Waals surface area (Å²) in [6, 6.07) is -0.283. The summed E-state index contributed by atoms with van der Waals surface area (Å²) in [5.74, 6) is -0.389. The van der Waals surface area contributed by atoms with Gasteiger partial charge in [-0.3, -0.25) is 4.90 Å². The van der Waals surface area contributed by atoms with Gasteiger partial charge in [0.05, 0.1) is 5.37 Å². The maximum absolute atomic E-state index is 12.9. The molecule has 2 heterocycles. The number of aliphatic carboxylic acids is 1. The number of carboxylic acid groups (broad SMARTS) is 1. The lowest BCUT2D eigenvalue weighted by Gasteiger charge is -2.36. The lowest BCUT2D eigenvalue weighted by Crippen LogP contribution is -2.54. The van der Waals surface area contributed by atoms with Crippen LogP contribution in [-0.4, -0.2) is 56.2 Å². The number of amides is 2. The zero-order chi connectivity index (χ0) is 14.9. The molecule has 4 unspecified atom stereocenters. The number of thioether (sulfide) groups is 1. The average Bonchev–Trinajstić information content (AvgIpc) is 3.00. The first-order chi connectivity index (χ1) is 9.51. The molecule has 4 atom stereocenters. The Bertz CT molecular complexity index is 391. The van der Waals surface area contributed by atoms with E-state index in [0.29, 0.717) is 5.75 Å². The summed E-state index contributed by atoms with van der Waals surface area (Å²) in [5.41, 5.74) is 0. The minimum Gasteiger partial charge on any atom is -0.480 e. The van der Waals surface area contributed by atoms with Crippen molar-refractivity contribution >= 4 is 23.8 Å². The monoisotopic (exact) mass is 300 g/mol. The SMILES string of the molecule is CCC1CCC(C)N1C(=O)N1C(CC)SCC1C(=O)O. The third kappa shape index (κ3) is 2.62. The molecular weight excluding hydrogens is 276 g/mol. The Kier molecular flexibility index (Phi) is 4.83. The summed E-state index contributed by atoms with van der Waals surface area (Å²) in [7, 11) is 0. The van der Waals surface area contributed by atoms with E-state index in [1.165, 1.54) is 0 Å². The quantitative estimate of drug-likeness (QED) is 0.870. The molecule has 0 aromatic rings. The molecule has 0 aromatic carbocycles. The highest BCUT2D eigenvalue weighted by atomic mass is 32.2. The topological polar surface area (TPSA) is 60.9 Å². The Morgan fingerprint density at radius 3 is 2.45 bits per heavy atom. The van der Waals surface area contributed by atoms with Gasteiger partial charge in [0, 0.05) is 17.8 Å². The predicted octanol–water partition coefficient (Wildman–Crippen LogP) is 2.61. The normalized spacial score (nSPS) is 33.8. The van der Waals surface area contributed by atoms with Crippen LogP contribution in [0, 0.1) is 0 Å². The second-order valence-electron chi connectivity index (χ2n) is 5.64. The van der Waals surface area contributed by atoms with E-state index in [2.05, 4.69) is 13.8 Å². The van der Waals surface area contributed by atoms with Gasteiger partial charge in [-0.05, 0) is 32.6 Å². The standard InChI is InChI=1S/C14H24N2O3S/c1-4-10-7-6-9(3)15(10)14(19)16-11(13(17)18)8-20-12(16)5-2/h9-12H,4-8H2,1-3H3,(H,17,18). The van der Waals surface area contributed by atoms with E-state index in [4.69, 9.17) is 0 Å². The largest absolute Gasteiger partial charge is 0.480 e. The van der Waals surface area contributed by atoms with Gasteiger partial charge in [0.1, 0.15) is 6.04 Å². The number of carbonyl (C=O) groups is 2. The lowest BCUT2D eigenvalue weighted by molar-refractivity contribution is -0.141. The Morgan fingerprint density at radius 1 is 1.20 bits per heavy atom. The van der Waals surface area contributed by atoms with Crippen molar-refractivity contribution in [1.82, 2.24) is 9.80 Å². The van der Waals surface area contributed by atoms with Gasteiger partial charge >= 0.3 is 12.0 Å². The number of hydrogen-bond donors (Lipinski definition) is 1. The first-order valence-electron chi connectivity index (χ1n) is 7.46. The van der Waals surface area contributed by atoms with Gasteiger partial charge in [0.15, 0.2) is 0 Å². The summed E-state index contributed by atoms with van der Waals surface area (Å²) in [4.78, 5) is 27.8. The van der Waals surface area contributed by atoms with Crippen LogP contribution in [0.15, 0.2) is 0 Å². The van der Waals surface area contributed by atoms with Crippen molar-refractivity contribution in [1.29, 1.82) is 0 Å². The van der Waals surface area contributed by atoms with Gasteiger partial charge in [-0.15, -0.1) is 11.8 Å². The summed E-state index contributed by atoms with van der Waals surface area (Å²) in [5, 5.41) is 9.35. The van der Waals surface area contributed by atoms with Gasteiger partial charge in [0.25, 0.3) is 0 Å². The predicted molar refractivity (Wildman–Crippen MR) is 79.8 cm³/mol. The molecule has 0 bridgehead atoms. The number of nitrogens with zero attached hydrogens (tertiary/aromatic N) is 2. The van der Waals surface area contributed by atoms with Gasteiger partial charge < -0.3 is 10.0 Å². The summed E-state index contributed by atoms with van der Waals surface area (Å²) in [6.07, 6.45) is 3.77. The molecule has 0 spiro atoms. The van der Waals surface area contributed by atoms with Gasteiger partial charge in [-0.25, -0.2) is 9.59 Å². The van der Waals surface area contributed by atoms with Gasteiger partial charge in [0.2, 0.25) is 0 Å². The fourth-order valence-corrected chi connectivity index (χ4v) is 4.62. The molecule has 20 heavy (non-hydrogen) atoms. The van der Waals surface area contributed by atoms with E-state index in [1.54, 1.807) is 16.7 Å². The molecule has 6 heteroatoms. The Labute approximate surface area is 124 Å². The van der Waals surface area contributed by atoms with Crippen LogP contribution in [0.1, 0.15) is 46.5 Å². The summed E-state index contributed by atoms with van der Waals surface area (Å²) >= 11 is 1.58. The van der Waals surface area contributed by atoms with Crippen LogP contribution in [0.25, 0.3) is 0 Å². The molecule has 2 rings (SSSR count). The first kappa shape index (κ1) is 15.5. The van der Waals surface area contributed by atoms with Crippen molar-refractivity contribution in [3.63, 3.8) is 0 Å². The van der Waals surface area contributed by atoms with Gasteiger partial charge in [-0.2, -0.15) is 0 Å². The summed E-state index contributed by atoms with van der Waals surface area (Å²) < 4.78 is 0. The molecule has 0 aromatic heterocycles. The Balaban J connectivity index is 2.22. The number of carboxylic acids is 1. The zero-order valence-corrected chi connectivity index (χ0v) is 13.2. The summed E-state index contributed by atoms with van der Waals surface area (Å²) in [6.45, 7) is 6.16. The molecule has 114 valence electrons. The highest BCUT2D eigenvalue weighted by Crippen LogP contribution is 2.35. The molecular formula is C14H24N2O3S. The smallest absolute Gasteiger partial charge is 0.327 e. The number of carbonyl (C=O) groups excluding carboxylic acids is 1. The van der Waals surface area contributed by atoms with Crippen molar-refractivity contribution in [2.75, 3.05) is 5.75 Å². The van der Waals surface area contributed by atoms with Crippen LogP contribution in [0.4, 0.5) is 4.79 Å². The first-order valence-corrected chi connectivity index (χ1v) is 8.51. The maximum Gasteiger partial charge on any atom is 0.327 e. The van der Waals surface area contributed by atoms with E-state index < -0.39 is 12.0 Å². The van der Waals surface area contributed by atoms with Crippen molar-refractivity contribution < 1.29 is 14.7 Å². The van der Waals surface area contributed by atoms with E-state index in [0.717, 1.165) is 25.7 Å². The van der Waals surface area contributed by atoms with E-state index in [9.17, 15) is 14.7 Å². The van der Waals surface area contributed by atoms with Crippen molar-refractivity contribution in [2.24, 2.45) is 0 Å².